The molecule has 8 heteroatoms. The minimum Gasteiger partial charge on any atom is -0.493 e. The van der Waals surface area contributed by atoms with Crippen LogP contribution in [0.5, 0.6) is 17.2 Å². The zero-order valence-corrected chi connectivity index (χ0v) is 18.7. The van der Waals surface area contributed by atoms with Crippen molar-refractivity contribution in [1.82, 2.24) is 15.2 Å². The van der Waals surface area contributed by atoms with Gasteiger partial charge in [0.05, 0.1) is 39.5 Å². The van der Waals surface area contributed by atoms with Gasteiger partial charge in [0.25, 0.3) is 0 Å². The number of benzene rings is 1. The van der Waals surface area contributed by atoms with Crippen LogP contribution >= 0.6 is 0 Å². The number of aromatic nitrogens is 1. The molecule has 2 heterocycles. The van der Waals surface area contributed by atoms with Crippen LogP contribution in [0.15, 0.2) is 36.5 Å². The lowest BCUT2D eigenvalue weighted by Crippen LogP contribution is -2.35. The molecule has 2 amide bonds. The van der Waals surface area contributed by atoms with E-state index < -0.39 is 0 Å². The van der Waals surface area contributed by atoms with E-state index in [1.165, 1.54) is 0 Å². The molecule has 0 radical (unpaired) electrons. The molecule has 1 aliphatic carbocycles. The van der Waals surface area contributed by atoms with Crippen molar-refractivity contribution in [3.05, 3.63) is 47.8 Å². The number of nitrogens with zero attached hydrogens (tertiary/aromatic N) is 2. The number of carbonyl (C=O) groups excluding carboxylic acids is 2. The van der Waals surface area contributed by atoms with Gasteiger partial charge in [0, 0.05) is 31.1 Å². The lowest BCUT2D eigenvalue weighted by molar-refractivity contribution is -0.132. The van der Waals surface area contributed by atoms with E-state index in [0.717, 1.165) is 24.1 Å². The van der Waals surface area contributed by atoms with Crippen molar-refractivity contribution < 1.29 is 23.8 Å². The van der Waals surface area contributed by atoms with Gasteiger partial charge in [-0.15, -0.1) is 0 Å². The number of likely N-dealkylation sites (tertiary alicyclic amines) is 1. The van der Waals surface area contributed by atoms with Gasteiger partial charge in [0.2, 0.25) is 17.6 Å². The van der Waals surface area contributed by atoms with Crippen molar-refractivity contribution in [2.45, 2.75) is 25.3 Å². The van der Waals surface area contributed by atoms with Crippen LogP contribution in [-0.2, 0) is 16.1 Å². The van der Waals surface area contributed by atoms with E-state index in [4.69, 9.17) is 14.2 Å². The molecule has 1 N–H and O–H groups in total. The van der Waals surface area contributed by atoms with Crippen LogP contribution in [0, 0.1) is 11.8 Å². The first-order valence-corrected chi connectivity index (χ1v) is 10.8. The maximum atomic E-state index is 13.2. The van der Waals surface area contributed by atoms with Crippen molar-refractivity contribution in [1.29, 1.82) is 0 Å². The minimum atomic E-state index is -0.385. The Morgan fingerprint density at radius 1 is 1.06 bits per heavy atom. The van der Waals surface area contributed by atoms with Gasteiger partial charge in [-0.2, -0.15) is 0 Å². The molecule has 8 nitrogen and oxygen atoms in total. The summed E-state index contributed by atoms with van der Waals surface area (Å²) in [5.74, 6) is 1.13. The van der Waals surface area contributed by atoms with E-state index in [1.807, 2.05) is 35.2 Å². The van der Waals surface area contributed by atoms with Crippen molar-refractivity contribution in [3.8, 4) is 17.2 Å². The number of hydrogen-bond donors (Lipinski definition) is 1. The van der Waals surface area contributed by atoms with Crippen molar-refractivity contribution in [2.24, 2.45) is 11.8 Å². The Kier molecular flexibility index (Phi) is 6.48. The standard InChI is InChI=1S/C24H29N3O5/c1-30-20-10-16(11-21(31-2)22(20)32-3)18-13-27(24(29)15-7-8-15)14-19(18)23(28)26-12-17-6-4-5-9-25-17/h4-6,9-11,15,18-19H,7-8,12-14H2,1-3H3,(H,26,28). The molecule has 2 aromatic rings. The first kappa shape index (κ1) is 21.9. The molecule has 32 heavy (non-hydrogen) atoms. The Bertz CT molecular complexity index is 952. The van der Waals surface area contributed by atoms with Gasteiger partial charge in [0.1, 0.15) is 0 Å². The second kappa shape index (κ2) is 9.46. The second-order valence-electron chi connectivity index (χ2n) is 8.23. The highest BCUT2D eigenvalue weighted by Crippen LogP contribution is 2.44. The van der Waals surface area contributed by atoms with E-state index in [1.54, 1.807) is 27.5 Å². The number of ether oxygens (including phenoxy) is 3. The number of carbonyl (C=O) groups is 2. The van der Waals surface area contributed by atoms with Crippen LogP contribution in [-0.4, -0.2) is 56.1 Å². The average molecular weight is 440 g/mol. The lowest BCUT2D eigenvalue weighted by Gasteiger charge is -2.21. The van der Waals surface area contributed by atoms with Crippen LogP contribution in [0.3, 0.4) is 0 Å². The quantitative estimate of drug-likeness (QED) is 0.679. The van der Waals surface area contributed by atoms with Crippen molar-refractivity contribution in [2.75, 3.05) is 34.4 Å². The number of hydrogen-bond acceptors (Lipinski definition) is 6. The number of methoxy groups -OCH3 is 3. The van der Waals surface area contributed by atoms with Gasteiger partial charge >= 0.3 is 0 Å². The van der Waals surface area contributed by atoms with Crippen LogP contribution in [0.4, 0.5) is 0 Å². The predicted molar refractivity (Wildman–Crippen MR) is 118 cm³/mol. The topological polar surface area (TPSA) is 90.0 Å². The molecule has 2 atom stereocenters. The molecule has 170 valence electrons. The Morgan fingerprint density at radius 3 is 2.34 bits per heavy atom. The molecular formula is C24H29N3O5. The normalized spacial score (nSPS) is 20.0. The summed E-state index contributed by atoms with van der Waals surface area (Å²) in [4.78, 5) is 32.1. The van der Waals surface area contributed by atoms with Crippen LogP contribution in [0.1, 0.15) is 30.0 Å². The fourth-order valence-corrected chi connectivity index (χ4v) is 4.30. The van der Waals surface area contributed by atoms with Gasteiger partial charge in [-0.25, -0.2) is 0 Å². The summed E-state index contributed by atoms with van der Waals surface area (Å²) in [6.07, 6.45) is 3.56. The highest BCUT2D eigenvalue weighted by atomic mass is 16.5. The summed E-state index contributed by atoms with van der Waals surface area (Å²) in [6.45, 7) is 1.22. The molecule has 2 aliphatic rings. The Labute approximate surface area is 187 Å². The first-order chi connectivity index (χ1) is 15.5. The average Bonchev–Trinajstić information content (AvgIpc) is 3.59. The summed E-state index contributed by atoms with van der Waals surface area (Å²) in [5, 5.41) is 3.00. The van der Waals surface area contributed by atoms with Gasteiger partial charge in [0.15, 0.2) is 11.5 Å². The molecule has 1 aliphatic heterocycles. The van der Waals surface area contributed by atoms with Gasteiger partial charge in [-0.05, 0) is 42.7 Å². The number of nitrogens with one attached hydrogen (secondary N) is 1. The summed E-state index contributed by atoms with van der Waals surface area (Å²) in [5.41, 5.74) is 1.66. The highest BCUT2D eigenvalue weighted by Gasteiger charge is 2.44. The van der Waals surface area contributed by atoms with Crippen molar-refractivity contribution in [3.63, 3.8) is 0 Å². The van der Waals surface area contributed by atoms with Crippen LogP contribution < -0.4 is 19.5 Å². The molecule has 1 aromatic carbocycles. The first-order valence-electron chi connectivity index (χ1n) is 10.8. The predicted octanol–water partition coefficient (Wildman–Crippen LogP) is 2.38. The number of amides is 2. The van der Waals surface area contributed by atoms with E-state index in [2.05, 4.69) is 10.3 Å². The summed E-state index contributed by atoms with van der Waals surface area (Å²) in [7, 11) is 4.69. The zero-order valence-electron chi connectivity index (χ0n) is 18.7. The summed E-state index contributed by atoms with van der Waals surface area (Å²) < 4.78 is 16.5. The molecule has 1 saturated carbocycles. The van der Waals surface area contributed by atoms with Gasteiger partial charge in [-0.3, -0.25) is 14.6 Å². The smallest absolute Gasteiger partial charge is 0.225 e. The fourth-order valence-electron chi connectivity index (χ4n) is 4.30. The fraction of sp³-hybridized carbons (Fsp3) is 0.458. The molecule has 1 saturated heterocycles. The zero-order chi connectivity index (χ0) is 22.7. The third kappa shape index (κ3) is 4.49. The third-order valence-corrected chi connectivity index (χ3v) is 6.18. The summed E-state index contributed by atoms with van der Waals surface area (Å²) in [6, 6.07) is 9.34. The lowest BCUT2D eigenvalue weighted by atomic mass is 9.88. The molecule has 0 spiro atoms. The Morgan fingerprint density at radius 2 is 1.78 bits per heavy atom. The number of rotatable bonds is 8. The van der Waals surface area contributed by atoms with Crippen LogP contribution in [0.25, 0.3) is 0 Å². The maximum absolute atomic E-state index is 13.2. The second-order valence-corrected chi connectivity index (χ2v) is 8.23. The van der Waals surface area contributed by atoms with E-state index in [9.17, 15) is 9.59 Å². The molecule has 4 rings (SSSR count). The highest BCUT2D eigenvalue weighted by molar-refractivity contribution is 5.85. The third-order valence-electron chi connectivity index (χ3n) is 6.18. The van der Waals surface area contributed by atoms with E-state index in [-0.39, 0.29) is 29.6 Å². The summed E-state index contributed by atoms with van der Waals surface area (Å²) >= 11 is 0. The monoisotopic (exact) mass is 439 g/mol. The van der Waals surface area contributed by atoms with Gasteiger partial charge < -0.3 is 24.4 Å². The van der Waals surface area contributed by atoms with Crippen molar-refractivity contribution >= 4 is 11.8 Å². The molecule has 1 aromatic heterocycles. The van der Waals surface area contributed by atoms with Crippen LogP contribution in [0.2, 0.25) is 0 Å². The number of pyridine rings is 1. The SMILES string of the molecule is COc1cc(C2CN(C(=O)C3CC3)CC2C(=O)NCc2ccccn2)cc(OC)c1OC. The molecule has 2 unspecified atom stereocenters. The van der Waals surface area contributed by atoms with E-state index in [0.29, 0.717) is 36.9 Å². The molecule has 2 fully saturated rings. The largest absolute Gasteiger partial charge is 0.493 e. The van der Waals surface area contributed by atoms with E-state index >= 15 is 0 Å². The molecular weight excluding hydrogens is 410 g/mol. The Hall–Kier alpha value is -3.29. The Balaban J connectivity index is 1.61. The minimum absolute atomic E-state index is 0.0968. The maximum Gasteiger partial charge on any atom is 0.225 e. The van der Waals surface area contributed by atoms with Gasteiger partial charge in [-0.1, -0.05) is 6.07 Å². The molecule has 0 bridgehead atoms.